The van der Waals surface area contributed by atoms with Gasteiger partial charge in [-0.1, -0.05) is 48.5 Å². The van der Waals surface area contributed by atoms with Crippen LogP contribution in [0.5, 0.6) is 0 Å². The number of nitrogens with zero attached hydrogens (tertiary/aromatic N) is 1. The van der Waals surface area contributed by atoms with E-state index in [-0.39, 0.29) is 4.90 Å². The molecule has 0 aromatic heterocycles. The average Bonchev–Trinajstić information content (AvgIpc) is 2.61. The topological polar surface area (TPSA) is 46.5 Å². The lowest BCUT2D eigenvalue weighted by Crippen LogP contribution is -2.02. The predicted molar refractivity (Wildman–Crippen MR) is 101 cm³/mol. The monoisotopic (exact) mass is 419 g/mol. The van der Waals surface area contributed by atoms with Gasteiger partial charge in [-0.25, -0.2) is 0 Å². The van der Waals surface area contributed by atoms with Crippen molar-refractivity contribution < 1.29 is 8.42 Å². The molecule has 0 atom stereocenters. The lowest BCUT2D eigenvalue weighted by molar-refractivity contribution is 0.598. The van der Waals surface area contributed by atoms with Crippen LogP contribution >= 0.6 is 15.9 Å². The molecular formula is C18H14BrNO2S2. The third-order valence-corrected chi connectivity index (χ3v) is 7.90. The normalized spacial score (nSPS) is 11.4. The molecule has 0 radical (unpaired) electrons. The van der Waals surface area contributed by atoms with E-state index < -0.39 is 20.7 Å². The maximum atomic E-state index is 12.8. The summed E-state index contributed by atoms with van der Waals surface area (Å²) in [5, 5.41) is 0. The summed E-state index contributed by atoms with van der Waals surface area (Å²) in [7, 11) is -4.71. The molecule has 24 heavy (non-hydrogen) atoms. The minimum Gasteiger partial charge on any atom is -0.199 e. The van der Waals surface area contributed by atoms with Gasteiger partial charge < -0.3 is 0 Å². The Kier molecular flexibility index (Phi) is 5.28. The molecule has 0 saturated heterocycles. The number of hydrogen-bond donors (Lipinski definition) is 0. The van der Waals surface area contributed by atoms with Crippen molar-refractivity contribution in [1.82, 2.24) is 0 Å². The molecule has 6 heteroatoms. The van der Waals surface area contributed by atoms with E-state index in [1.807, 2.05) is 60.7 Å². The molecule has 3 rings (SSSR count). The van der Waals surface area contributed by atoms with E-state index in [4.69, 9.17) is 0 Å². The summed E-state index contributed by atoms with van der Waals surface area (Å²) < 4.78 is 30.4. The van der Waals surface area contributed by atoms with Gasteiger partial charge in [-0.2, -0.15) is 8.42 Å². The molecule has 3 nitrogen and oxygen atoms in total. The predicted octanol–water partition coefficient (Wildman–Crippen LogP) is 5.06. The lowest BCUT2D eigenvalue weighted by atomic mass is 10.4. The van der Waals surface area contributed by atoms with Crippen LogP contribution in [0.15, 0.2) is 108 Å². The van der Waals surface area contributed by atoms with Gasteiger partial charge in [0.05, 0.1) is 0 Å². The highest BCUT2D eigenvalue weighted by Crippen LogP contribution is 2.27. The van der Waals surface area contributed by atoms with E-state index in [0.717, 1.165) is 9.79 Å². The summed E-state index contributed by atoms with van der Waals surface area (Å²) >= 11 is 3.30. The lowest BCUT2D eigenvalue weighted by Gasteiger charge is -2.09. The van der Waals surface area contributed by atoms with Crippen molar-refractivity contribution in [2.75, 3.05) is 0 Å². The highest BCUT2D eigenvalue weighted by atomic mass is 79.9. The first kappa shape index (κ1) is 17.1. The van der Waals surface area contributed by atoms with Crippen LogP contribution in [0.2, 0.25) is 0 Å². The Morgan fingerprint density at radius 1 is 0.708 bits per heavy atom. The Morgan fingerprint density at radius 3 is 1.67 bits per heavy atom. The molecule has 3 aromatic carbocycles. The van der Waals surface area contributed by atoms with E-state index in [1.54, 1.807) is 24.3 Å². The second-order valence-electron chi connectivity index (χ2n) is 4.89. The Hall–Kier alpha value is -1.76. The molecule has 0 bridgehead atoms. The molecule has 0 N–H and O–H groups in total. The van der Waals surface area contributed by atoms with Crippen molar-refractivity contribution in [2.24, 2.45) is 3.77 Å². The van der Waals surface area contributed by atoms with Gasteiger partial charge in [0, 0.05) is 14.3 Å². The zero-order valence-corrected chi connectivity index (χ0v) is 15.8. The van der Waals surface area contributed by atoms with E-state index in [1.165, 1.54) is 0 Å². The fourth-order valence-corrected chi connectivity index (χ4v) is 6.47. The van der Waals surface area contributed by atoms with Crippen LogP contribution in [0.3, 0.4) is 0 Å². The first-order chi connectivity index (χ1) is 11.6. The number of hydrogen-bond acceptors (Lipinski definition) is 2. The fraction of sp³-hybridized carbons (Fsp3) is 0. The second kappa shape index (κ2) is 7.42. The Morgan fingerprint density at radius 2 is 1.17 bits per heavy atom. The summed E-state index contributed by atoms with van der Waals surface area (Å²) in [4.78, 5) is 1.90. The third-order valence-electron chi connectivity index (χ3n) is 3.22. The van der Waals surface area contributed by atoms with Crippen LogP contribution in [0.4, 0.5) is 0 Å². The number of rotatable bonds is 4. The van der Waals surface area contributed by atoms with Crippen LogP contribution in [-0.4, -0.2) is 8.42 Å². The van der Waals surface area contributed by atoms with Gasteiger partial charge in [0.15, 0.2) is 0 Å². The zero-order valence-electron chi connectivity index (χ0n) is 12.5. The summed E-state index contributed by atoms with van der Waals surface area (Å²) in [5.74, 6) is 0. The van der Waals surface area contributed by atoms with Gasteiger partial charge in [0.1, 0.15) is 4.90 Å². The van der Waals surface area contributed by atoms with Gasteiger partial charge in [-0.15, -0.1) is 3.77 Å². The molecule has 3 aromatic rings. The fourth-order valence-electron chi connectivity index (χ4n) is 2.11. The summed E-state index contributed by atoms with van der Waals surface area (Å²) in [6, 6.07) is 25.7. The van der Waals surface area contributed by atoms with Gasteiger partial charge in [-0.05, 0) is 63.0 Å². The highest BCUT2D eigenvalue weighted by Gasteiger charge is 2.18. The molecular weight excluding hydrogens is 406 g/mol. The first-order valence-electron chi connectivity index (χ1n) is 7.15. The number of benzene rings is 3. The summed E-state index contributed by atoms with van der Waals surface area (Å²) in [6.45, 7) is 0. The maximum Gasteiger partial charge on any atom is 0.289 e. The molecule has 0 amide bonds. The molecule has 0 spiro atoms. The van der Waals surface area contributed by atoms with E-state index in [0.29, 0.717) is 4.47 Å². The van der Waals surface area contributed by atoms with Gasteiger partial charge >= 0.3 is 0 Å². The molecule has 0 fully saturated rings. The maximum absolute atomic E-state index is 12.8. The second-order valence-corrected chi connectivity index (χ2v) is 9.24. The summed E-state index contributed by atoms with van der Waals surface area (Å²) in [6.07, 6.45) is 0. The standard InChI is InChI=1S/C18H14BrNO2S2/c19-17-13-7-8-14-18(17)24(21,22)20-23(15-9-3-1-4-10-15)16-11-5-2-6-12-16/h1-14H. The van der Waals surface area contributed by atoms with Gasteiger partial charge in [0.2, 0.25) is 0 Å². The van der Waals surface area contributed by atoms with E-state index >= 15 is 0 Å². The van der Waals surface area contributed by atoms with Crippen molar-refractivity contribution in [3.05, 3.63) is 89.4 Å². The zero-order chi connectivity index (χ0) is 17.0. The molecule has 0 saturated carbocycles. The highest BCUT2D eigenvalue weighted by molar-refractivity contribution is 9.10. The van der Waals surface area contributed by atoms with Crippen LogP contribution in [0.1, 0.15) is 0 Å². The van der Waals surface area contributed by atoms with Crippen LogP contribution in [-0.2, 0) is 20.7 Å². The Labute approximate surface area is 152 Å². The molecule has 0 aliphatic heterocycles. The Bertz CT molecular complexity index is 931. The molecule has 0 unspecified atom stereocenters. The molecule has 0 aliphatic rings. The van der Waals surface area contributed by atoms with Gasteiger partial charge in [-0.3, -0.25) is 0 Å². The smallest absolute Gasteiger partial charge is 0.199 e. The minimum absolute atomic E-state index is 0.175. The number of sulfonamides is 1. The van der Waals surface area contributed by atoms with E-state index in [9.17, 15) is 8.42 Å². The first-order valence-corrected chi connectivity index (χ1v) is 10.6. The SMILES string of the molecule is O=S(=O)(N=S(c1ccccc1)c1ccccc1)c1ccccc1Br. The van der Waals surface area contributed by atoms with E-state index in [2.05, 4.69) is 19.7 Å². The van der Waals surface area contributed by atoms with Gasteiger partial charge in [0.25, 0.3) is 10.0 Å². The molecule has 0 heterocycles. The largest absolute Gasteiger partial charge is 0.289 e. The van der Waals surface area contributed by atoms with Crippen LogP contribution < -0.4 is 0 Å². The van der Waals surface area contributed by atoms with Crippen molar-refractivity contribution in [3.63, 3.8) is 0 Å². The summed E-state index contributed by atoms with van der Waals surface area (Å²) in [5.41, 5.74) is 0. The van der Waals surface area contributed by atoms with Crippen molar-refractivity contribution in [1.29, 1.82) is 0 Å². The van der Waals surface area contributed by atoms with Crippen molar-refractivity contribution >= 4 is 36.6 Å². The minimum atomic E-state index is -3.80. The van der Waals surface area contributed by atoms with Crippen molar-refractivity contribution in [3.8, 4) is 0 Å². The quantitative estimate of drug-likeness (QED) is 0.593. The number of halogens is 1. The van der Waals surface area contributed by atoms with Crippen molar-refractivity contribution in [2.45, 2.75) is 14.7 Å². The molecule has 122 valence electrons. The Balaban J connectivity index is 2.19. The van der Waals surface area contributed by atoms with Crippen LogP contribution in [0, 0.1) is 0 Å². The average molecular weight is 420 g/mol. The van der Waals surface area contributed by atoms with Crippen LogP contribution in [0.25, 0.3) is 0 Å². The molecule has 0 aliphatic carbocycles. The third kappa shape index (κ3) is 3.83.